The maximum atomic E-state index is 8.98. The predicted octanol–water partition coefficient (Wildman–Crippen LogP) is 1.97. The molecular weight excluding hydrogens is 186 g/mol. The highest BCUT2D eigenvalue weighted by Crippen LogP contribution is 2.10. The van der Waals surface area contributed by atoms with E-state index in [0.717, 1.165) is 5.56 Å². The summed E-state index contributed by atoms with van der Waals surface area (Å²) in [5.41, 5.74) is 0.984. The molecule has 0 saturated carbocycles. The summed E-state index contributed by atoms with van der Waals surface area (Å²) in [6.07, 6.45) is 0. The molecule has 4 heteroatoms. The zero-order valence-corrected chi connectivity index (χ0v) is 7.75. The van der Waals surface area contributed by atoms with Crippen LogP contribution >= 0.6 is 12.2 Å². The SMILES string of the molecule is Oc1ccc(COCN=C=S)cc1. The predicted molar refractivity (Wildman–Crippen MR) is 52.8 cm³/mol. The molecule has 0 bridgehead atoms. The van der Waals surface area contributed by atoms with Gasteiger partial charge < -0.3 is 9.84 Å². The van der Waals surface area contributed by atoms with Crippen LogP contribution in [0, 0.1) is 0 Å². The molecule has 3 nitrogen and oxygen atoms in total. The Balaban J connectivity index is 2.37. The van der Waals surface area contributed by atoms with Crippen LogP contribution in [0.4, 0.5) is 0 Å². The number of ether oxygens (including phenoxy) is 1. The first-order valence-electron chi connectivity index (χ1n) is 3.72. The van der Waals surface area contributed by atoms with E-state index in [4.69, 9.17) is 9.84 Å². The first kappa shape index (κ1) is 9.86. The molecule has 1 N–H and O–H groups in total. The molecular formula is C9H9NO2S. The number of thiocarbonyl (C=S) groups is 1. The lowest BCUT2D eigenvalue weighted by atomic mass is 10.2. The van der Waals surface area contributed by atoms with E-state index in [1.807, 2.05) is 0 Å². The van der Waals surface area contributed by atoms with Crippen molar-refractivity contribution < 1.29 is 9.84 Å². The Morgan fingerprint density at radius 2 is 2.08 bits per heavy atom. The van der Waals surface area contributed by atoms with Gasteiger partial charge in [0.1, 0.15) is 12.5 Å². The third-order valence-electron chi connectivity index (χ3n) is 1.43. The monoisotopic (exact) mass is 195 g/mol. The molecule has 0 aliphatic carbocycles. The molecule has 1 rings (SSSR count). The summed E-state index contributed by atoms with van der Waals surface area (Å²) in [5.74, 6) is 0.251. The number of hydrogen-bond donors (Lipinski definition) is 1. The van der Waals surface area contributed by atoms with Crippen LogP contribution in [0.1, 0.15) is 5.56 Å². The lowest BCUT2D eigenvalue weighted by Crippen LogP contribution is -1.91. The average molecular weight is 195 g/mol. The third-order valence-corrected chi connectivity index (χ3v) is 1.55. The molecule has 0 atom stereocenters. The zero-order chi connectivity index (χ0) is 9.52. The first-order valence-corrected chi connectivity index (χ1v) is 4.13. The molecule has 0 aliphatic rings. The van der Waals surface area contributed by atoms with Crippen molar-refractivity contribution in [3.63, 3.8) is 0 Å². The number of benzene rings is 1. The highest BCUT2D eigenvalue weighted by molar-refractivity contribution is 7.78. The Kier molecular flexibility index (Phi) is 4.12. The molecule has 13 heavy (non-hydrogen) atoms. The number of nitrogens with zero attached hydrogens (tertiary/aromatic N) is 1. The van der Waals surface area contributed by atoms with Crippen LogP contribution in [0.2, 0.25) is 0 Å². The number of phenolic OH excluding ortho intramolecular Hbond substituents is 1. The number of rotatable bonds is 4. The number of phenols is 1. The Bertz CT molecular complexity index is 304. The van der Waals surface area contributed by atoms with Crippen molar-refractivity contribution in [3.8, 4) is 5.75 Å². The number of aromatic hydroxyl groups is 1. The third kappa shape index (κ3) is 3.80. The quantitative estimate of drug-likeness (QED) is 0.453. The van der Waals surface area contributed by atoms with Crippen molar-refractivity contribution in [1.29, 1.82) is 0 Å². The Hall–Kier alpha value is -1.22. The summed E-state index contributed by atoms with van der Waals surface area (Å²) in [7, 11) is 0. The van der Waals surface area contributed by atoms with Gasteiger partial charge in [0.2, 0.25) is 0 Å². The number of isothiocyanates is 1. The molecule has 0 radical (unpaired) electrons. The van der Waals surface area contributed by atoms with Gasteiger partial charge in [0.15, 0.2) is 0 Å². The lowest BCUT2D eigenvalue weighted by molar-refractivity contribution is 0.129. The van der Waals surface area contributed by atoms with Crippen molar-refractivity contribution in [2.24, 2.45) is 4.99 Å². The van der Waals surface area contributed by atoms with Crippen molar-refractivity contribution in [3.05, 3.63) is 29.8 Å². The maximum Gasteiger partial charge on any atom is 0.148 e. The highest BCUT2D eigenvalue weighted by Gasteiger charge is 1.92. The van der Waals surface area contributed by atoms with Gasteiger partial charge in [-0.25, -0.2) is 4.99 Å². The van der Waals surface area contributed by atoms with Crippen LogP contribution in [-0.2, 0) is 11.3 Å². The van der Waals surface area contributed by atoms with Gasteiger partial charge in [0, 0.05) is 0 Å². The van der Waals surface area contributed by atoms with E-state index < -0.39 is 0 Å². The molecule has 0 spiro atoms. The minimum Gasteiger partial charge on any atom is -0.508 e. The fourth-order valence-corrected chi connectivity index (χ4v) is 0.880. The largest absolute Gasteiger partial charge is 0.508 e. The standard InChI is InChI=1S/C9H9NO2S/c11-9-3-1-8(2-4-9)5-12-6-10-7-13/h1-4,11H,5-6H2. The van der Waals surface area contributed by atoms with Gasteiger partial charge >= 0.3 is 0 Å². The van der Waals surface area contributed by atoms with Crippen molar-refractivity contribution in [2.45, 2.75) is 6.61 Å². The van der Waals surface area contributed by atoms with E-state index in [0.29, 0.717) is 6.61 Å². The number of hydrogen-bond acceptors (Lipinski definition) is 4. The van der Waals surface area contributed by atoms with Crippen molar-refractivity contribution >= 4 is 17.4 Å². The Morgan fingerprint density at radius 3 is 2.69 bits per heavy atom. The van der Waals surface area contributed by atoms with Crippen LogP contribution < -0.4 is 0 Å². The summed E-state index contributed by atoms with van der Waals surface area (Å²) < 4.78 is 5.12. The summed E-state index contributed by atoms with van der Waals surface area (Å²) in [6.45, 7) is 0.686. The van der Waals surface area contributed by atoms with Gasteiger partial charge in [0.25, 0.3) is 0 Å². The van der Waals surface area contributed by atoms with Gasteiger partial charge in [0.05, 0.1) is 11.8 Å². The second-order valence-corrected chi connectivity index (χ2v) is 2.58. The summed E-state index contributed by atoms with van der Waals surface area (Å²) in [5, 5.41) is 11.2. The normalized spacial score (nSPS) is 9.23. The summed E-state index contributed by atoms with van der Waals surface area (Å²) in [4.78, 5) is 3.60. The van der Waals surface area contributed by atoms with Gasteiger partial charge in [-0.15, -0.1) is 0 Å². The second-order valence-electron chi connectivity index (χ2n) is 2.39. The van der Waals surface area contributed by atoms with Gasteiger partial charge in [-0.2, -0.15) is 0 Å². The molecule has 0 aliphatic heterocycles. The van der Waals surface area contributed by atoms with Crippen LogP contribution in [0.5, 0.6) is 5.75 Å². The van der Waals surface area contributed by atoms with Crippen LogP contribution in [-0.4, -0.2) is 17.0 Å². The zero-order valence-electron chi connectivity index (χ0n) is 6.93. The van der Waals surface area contributed by atoms with E-state index in [1.165, 1.54) is 0 Å². The van der Waals surface area contributed by atoms with E-state index in [-0.39, 0.29) is 12.5 Å². The molecule has 0 unspecified atom stereocenters. The van der Waals surface area contributed by atoms with Crippen molar-refractivity contribution in [1.82, 2.24) is 0 Å². The molecule has 0 aromatic heterocycles. The van der Waals surface area contributed by atoms with Crippen molar-refractivity contribution in [2.75, 3.05) is 6.73 Å². The molecule has 0 heterocycles. The second kappa shape index (κ2) is 5.43. The highest BCUT2D eigenvalue weighted by atomic mass is 32.1. The van der Waals surface area contributed by atoms with E-state index in [9.17, 15) is 0 Å². The van der Waals surface area contributed by atoms with E-state index >= 15 is 0 Å². The van der Waals surface area contributed by atoms with Crippen LogP contribution in [0.25, 0.3) is 0 Å². The minimum atomic E-state index is 0.227. The topological polar surface area (TPSA) is 41.8 Å². The van der Waals surface area contributed by atoms with E-state index in [2.05, 4.69) is 22.4 Å². The molecule has 1 aromatic rings. The van der Waals surface area contributed by atoms with Gasteiger partial charge in [-0.1, -0.05) is 12.1 Å². The fraction of sp³-hybridized carbons (Fsp3) is 0.222. The van der Waals surface area contributed by atoms with E-state index in [1.54, 1.807) is 24.3 Å². The van der Waals surface area contributed by atoms with Crippen LogP contribution in [0.3, 0.4) is 0 Å². The van der Waals surface area contributed by atoms with Crippen LogP contribution in [0.15, 0.2) is 29.3 Å². The molecule has 68 valence electrons. The average Bonchev–Trinajstić information content (AvgIpc) is 2.15. The summed E-state index contributed by atoms with van der Waals surface area (Å²) >= 11 is 4.37. The Morgan fingerprint density at radius 1 is 1.38 bits per heavy atom. The van der Waals surface area contributed by atoms with Gasteiger partial charge in [-0.05, 0) is 29.9 Å². The fourth-order valence-electron chi connectivity index (χ4n) is 0.828. The minimum absolute atomic E-state index is 0.227. The Labute approximate surface area is 81.7 Å². The lowest BCUT2D eigenvalue weighted by Gasteiger charge is -2.00. The number of aliphatic imine (C=N–C) groups is 1. The molecule has 0 amide bonds. The first-order chi connectivity index (χ1) is 6.33. The molecule has 0 saturated heterocycles. The molecule has 0 fully saturated rings. The maximum absolute atomic E-state index is 8.98. The molecule has 1 aromatic carbocycles. The summed E-state index contributed by atoms with van der Waals surface area (Å²) in [6, 6.07) is 6.80. The smallest absolute Gasteiger partial charge is 0.148 e. The van der Waals surface area contributed by atoms with Gasteiger partial charge in [-0.3, -0.25) is 0 Å².